The first-order chi connectivity index (χ1) is 15.9. The summed E-state index contributed by atoms with van der Waals surface area (Å²) in [6.07, 6.45) is 5.00. The predicted molar refractivity (Wildman–Crippen MR) is 127 cm³/mol. The molecule has 0 unspecified atom stereocenters. The molecule has 2 aliphatic heterocycles. The van der Waals surface area contributed by atoms with Crippen molar-refractivity contribution in [1.29, 1.82) is 0 Å². The molecule has 2 fully saturated rings. The lowest BCUT2D eigenvalue weighted by Crippen LogP contribution is -2.35. The average Bonchev–Trinajstić information content (AvgIpc) is 3.39. The van der Waals surface area contributed by atoms with Crippen molar-refractivity contribution in [2.75, 3.05) is 26.2 Å². The van der Waals surface area contributed by atoms with Crippen LogP contribution in [0.3, 0.4) is 0 Å². The number of benzene rings is 2. The van der Waals surface area contributed by atoms with Crippen molar-refractivity contribution < 1.29 is 18.0 Å². The predicted octanol–water partition coefficient (Wildman–Crippen LogP) is 3.34. The Hall–Kier alpha value is -2.71. The number of hydrogen-bond donors (Lipinski definition) is 1. The molecule has 8 heteroatoms. The van der Waals surface area contributed by atoms with Crippen LogP contribution in [0, 0.1) is 6.92 Å². The number of nitrogens with one attached hydrogen (secondary N) is 1. The maximum Gasteiger partial charge on any atom is 0.253 e. The summed E-state index contributed by atoms with van der Waals surface area (Å²) in [6, 6.07) is 12.0. The largest absolute Gasteiger partial charge is 0.348 e. The molecule has 4 rings (SSSR count). The van der Waals surface area contributed by atoms with E-state index in [-0.39, 0.29) is 16.7 Å². The Morgan fingerprint density at radius 1 is 0.879 bits per heavy atom. The molecule has 1 N–H and O–H groups in total. The molecule has 0 aliphatic carbocycles. The fourth-order valence-corrected chi connectivity index (χ4v) is 5.95. The number of rotatable bonds is 6. The van der Waals surface area contributed by atoms with E-state index >= 15 is 0 Å². The second-order valence-corrected chi connectivity index (χ2v) is 10.8. The van der Waals surface area contributed by atoms with E-state index in [9.17, 15) is 18.0 Å². The first kappa shape index (κ1) is 23.4. The summed E-state index contributed by atoms with van der Waals surface area (Å²) in [5.41, 5.74) is 2.60. The second-order valence-electron chi connectivity index (χ2n) is 8.82. The fraction of sp³-hybridized carbons (Fsp3) is 0.440. The molecule has 0 bridgehead atoms. The van der Waals surface area contributed by atoms with Gasteiger partial charge in [0.25, 0.3) is 11.8 Å². The van der Waals surface area contributed by atoms with Gasteiger partial charge in [-0.1, -0.05) is 18.2 Å². The van der Waals surface area contributed by atoms with Crippen LogP contribution in [0.2, 0.25) is 0 Å². The molecule has 0 aromatic heterocycles. The monoisotopic (exact) mass is 469 g/mol. The van der Waals surface area contributed by atoms with Gasteiger partial charge in [0.2, 0.25) is 10.0 Å². The van der Waals surface area contributed by atoms with Crippen molar-refractivity contribution in [3.05, 3.63) is 64.7 Å². The van der Waals surface area contributed by atoms with E-state index in [0.717, 1.165) is 49.9 Å². The number of nitrogens with zero attached hydrogens (tertiary/aromatic N) is 2. The van der Waals surface area contributed by atoms with Crippen LogP contribution in [0.1, 0.15) is 63.9 Å². The number of likely N-dealkylation sites (tertiary alicyclic amines) is 1. The smallest absolute Gasteiger partial charge is 0.253 e. The SMILES string of the molecule is Cc1ccc(S(=O)(=O)N2CCCC2)cc1C(=O)NCc1ccc(C(=O)N2CCCCC2)cc1. The van der Waals surface area contributed by atoms with Crippen LogP contribution < -0.4 is 5.32 Å². The first-order valence-electron chi connectivity index (χ1n) is 11.6. The van der Waals surface area contributed by atoms with Crippen molar-refractivity contribution in [1.82, 2.24) is 14.5 Å². The number of carbonyl (C=O) groups is 2. The van der Waals surface area contributed by atoms with Gasteiger partial charge in [-0.05, 0) is 74.4 Å². The van der Waals surface area contributed by atoms with Crippen LogP contribution in [0.15, 0.2) is 47.4 Å². The molecule has 0 radical (unpaired) electrons. The van der Waals surface area contributed by atoms with Gasteiger partial charge < -0.3 is 10.2 Å². The van der Waals surface area contributed by atoms with E-state index in [0.29, 0.717) is 30.8 Å². The molecule has 0 saturated carbocycles. The molecule has 176 valence electrons. The van der Waals surface area contributed by atoms with E-state index in [1.807, 2.05) is 17.0 Å². The number of amides is 2. The van der Waals surface area contributed by atoms with E-state index < -0.39 is 10.0 Å². The zero-order valence-electron chi connectivity index (χ0n) is 19.0. The van der Waals surface area contributed by atoms with Crippen LogP contribution in [0.4, 0.5) is 0 Å². The van der Waals surface area contributed by atoms with E-state index in [2.05, 4.69) is 5.32 Å². The Kier molecular flexibility index (Phi) is 7.14. The van der Waals surface area contributed by atoms with Crippen molar-refractivity contribution in [3.8, 4) is 0 Å². The summed E-state index contributed by atoms with van der Waals surface area (Å²) >= 11 is 0. The van der Waals surface area contributed by atoms with Gasteiger partial charge in [0.05, 0.1) is 4.90 Å². The summed E-state index contributed by atoms with van der Waals surface area (Å²) in [4.78, 5) is 27.5. The maximum atomic E-state index is 12.9. The lowest BCUT2D eigenvalue weighted by atomic mass is 10.1. The molecular formula is C25H31N3O4S. The molecule has 2 aliphatic rings. The van der Waals surface area contributed by atoms with Gasteiger partial charge in [-0.25, -0.2) is 8.42 Å². The molecule has 2 aromatic rings. The topological polar surface area (TPSA) is 86.8 Å². The van der Waals surface area contributed by atoms with Gasteiger partial charge in [-0.15, -0.1) is 0 Å². The van der Waals surface area contributed by atoms with Gasteiger partial charge in [0.1, 0.15) is 0 Å². The molecule has 33 heavy (non-hydrogen) atoms. The lowest BCUT2D eigenvalue weighted by molar-refractivity contribution is 0.0724. The van der Waals surface area contributed by atoms with Gasteiger partial charge >= 0.3 is 0 Å². The number of sulfonamides is 1. The van der Waals surface area contributed by atoms with Crippen molar-refractivity contribution in [3.63, 3.8) is 0 Å². The lowest BCUT2D eigenvalue weighted by Gasteiger charge is -2.26. The van der Waals surface area contributed by atoms with Gasteiger partial charge in [0, 0.05) is 43.9 Å². The maximum absolute atomic E-state index is 12.9. The molecule has 2 saturated heterocycles. The second kappa shape index (κ2) is 10.1. The van der Waals surface area contributed by atoms with Crippen molar-refractivity contribution >= 4 is 21.8 Å². The number of carbonyl (C=O) groups excluding carboxylic acids is 2. The quantitative estimate of drug-likeness (QED) is 0.703. The molecule has 0 atom stereocenters. The number of piperidine rings is 1. The van der Waals surface area contributed by atoms with Crippen molar-refractivity contribution in [2.24, 2.45) is 0 Å². The molecule has 2 aromatic carbocycles. The molecule has 2 heterocycles. The van der Waals surface area contributed by atoms with Crippen LogP contribution in [0.25, 0.3) is 0 Å². The van der Waals surface area contributed by atoms with E-state index in [4.69, 9.17) is 0 Å². The summed E-state index contributed by atoms with van der Waals surface area (Å²) in [7, 11) is -3.58. The Labute approximate surface area is 195 Å². The highest BCUT2D eigenvalue weighted by atomic mass is 32.2. The van der Waals surface area contributed by atoms with Crippen LogP contribution >= 0.6 is 0 Å². The summed E-state index contributed by atoms with van der Waals surface area (Å²) in [5.74, 6) is -0.267. The summed E-state index contributed by atoms with van der Waals surface area (Å²) < 4.78 is 27.2. The third-order valence-electron chi connectivity index (χ3n) is 6.45. The fourth-order valence-electron chi connectivity index (χ4n) is 4.41. The third kappa shape index (κ3) is 5.28. The van der Waals surface area contributed by atoms with Crippen LogP contribution in [-0.4, -0.2) is 55.6 Å². The summed E-state index contributed by atoms with van der Waals surface area (Å²) in [6.45, 7) is 4.74. The zero-order valence-corrected chi connectivity index (χ0v) is 19.9. The van der Waals surface area contributed by atoms with Crippen molar-refractivity contribution in [2.45, 2.75) is 50.5 Å². The Balaban J connectivity index is 1.41. The zero-order chi connectivity index (χ0) is 23.4. The van der Waals surface area contributed by atoms with Crippen LogP contribution in [0.5, 0.6) is 0 Å². The first-order valence-corrected chi connectivity index (χ1v) is 13.1. The highest BCUT2D eigenvalue weighted by molar-refractivity contribution is 7.89. The number of hydrogen-bond acceptors (Lipinski definition) is 4. The van der Waals surface area contributed by atoms with Gasteiger partial charge in [0.15, 0.2) is 0 Å². The molecule has 7 nitrogen and oxygen atoms in total. The van der Waals surface area contributed by atoms with E-state index in [1.165, 1.54) is 16.8 Å². The van der Waals surface area contributed by atoms with Gasteiger partial charge in [-0.3, -0.25) is 9.59 Å². The minimum absolute atomic E-state index is 0.0527. The average molecular weight is 470 g/mol. The minimum Gasteiger partial charge on any atom is -0.348 e. The standard InChI is InChI=1S/C25H31N3O4S/c1-19-7-12-22(33(31,32)28-15-5-6-16-28)17-23(19)24(29)26-18-20-8-10-21(11-9-20)25(30)27-13-3-2-4-14-27/h7-12,17H,2-6,13-16,18H2,1H3,(H,26,29). The van der Waals surface area contributed by atoms with E-state index in [1.54, 1.807) is 31.2 Å². The molecular weight excluding hydrogens is 438 g/mol. The molecule has 2 amide bonds. The third-order valence-corrected chi connectivity index (χ3v) is 8.35. The van der Waals surface area contributed by atoms with Gasteiger partial charge in [-0.2, -0.15) is 4.31 Å². The highest BCUT2D eigenvalue weighted by Crippen LogP contribution is 2.23. The van der Waals surface area contributed by atoms with Crippen LogP contribution in [-0.2, 0) is 16.6 Å². The minimum atomic E-state index is -3.58. The Morgan fingerprint density at radius 3 is 2.18 bits per heavy atom. The number of aryl methyl sites for hydroxylation is 1. The normalized spacial score (nSPS) is 17.2. The highest BCUT2D eigenvalue weighted by Gasteiger charge is 2.28. The Bertz CT molecular complexity index is 1120. The Morgan fingerprint density at radius 2 is 1.52 bits per heavy atom. The summed E-state index contributed by atoms with van der Waals surface area (Å²) in [5, 5.41) is 2.87. The molecule has 0 spiro atoms.